The van der Waals surface area contributed by atoms with Crippen molar-refractivity contribution in [2.75, 3.05) is 0 Å². The summed E-state index contributed by atoms with van der Waals surface area (Å²) in [7, 11) is 0. The Bertz CT molecular complexity index is 885. The third kappa shape index (κ3) is 33.2. The molecule has 0 N–H and O–H groups in total. The molecule has 220 valence electrons. The van der Waals surface area contributed by atoms with Crippen LogP contribution in [0.5, 0.6) is 0 Å². The molecule has 0 amide bonds. The smallest absolute Gasteiger partial charge is 1.00 e. The normalized spacial score (nSPS) is 15.2. The maximum atomic E-state index is 3.30. The van der Waals surface area contributed by atoms with Crippen LogP contribution in [0.4, 0.5) is 0 Å². The van der Waals surface area contributed by atoms with Gasteiger partial charge in [-0.3, -0.25) is 24.3 Å². The SMILES string of the molecule is CC(C)(C)C1=[C-]CC=C1.CC(C)(C)C1=[C-]CC=C1.CC1=[C-]CC=C1.CC1=[C-]CC=C1.C[Si](C)=[Zr+2].C[Si](C)=[Zr+2].[Cl-].[Cl-]. The predicted octanol–water partition coefficient (Wildman–Crippen LogP) is 4.41. The molecule has 0 nitrogen and oxygen atoms in total. The molecule has 0 fully saturated rings. The molecular weight excluding hydrogens is 718 g/mol. The minimum Gasteiger partial charge on any atom is -1.00 e. The van der Waals surface area contributed by atoms with Crippen LogP contribution < -0.4 is 24.8 Å². The minimum atomic E-state index is 0. The van der Waals surface area contributed by atoms with E-state index < -0.39 is 0 Å². The van der Waals surface area contributed by atoms with Gasteiger partial charge in [0.25, 0.3) is 0 Å². The van der Waals surface area contributed by atoms with Crippen LogP contribution in [0.25, 0.3) is 0 Å². The fourth-order valence-electron chi connectivity index (χ4n) is 2.87. The number of allylic oxidation sites excluding steroid dienone is 16. The summed E-state index contributed by atoms with van der Waals surface area (Å²) in [6, 6.07) is 0. The largest absolute Gasteiger partial charge is 1.00 e. The van der Waals surface area contributed by atoms with Gasteiger partial charge < -0.3 is 24.8 Å². The average molecular weight is 770 g/mol. The molecule has 6 heteroatoms. The first-order valence-electron chi connectivity index (χ1n) is 13.5. The van der Waals surface area contributed by atoms with Crippen molar-refractivity contribution >= 4 is 10.9 Å². The number of hydrogen-bond acceptors (Lipinski definition) is 0. The quantitative estimate of drug-likeness (QED) is 0.253. The molecular formula is C34H52Cl2Si2Zr2-2. The van der Waals surface area contributed by atoms with Gasteiger partial charge in [0, 0.05) is 0 Å². The minimum absolute atomic E-state index is 0. The van der Waals surface area contributed by atoms with Crippen molar-refractivity contribution in [2.24, 2.45) is 10.8 Å². The van der Waals surface area contributed by atoms with Crippen LogP contribution in [-0.2, 0) is 46.7 Å². The van der Waals surface area contributed by atoms with Crippen LogP contribution in [-0.4, -0.2) is 10.9 Å². The van der Waals surface area contributed by atoms with E-state index >= 15 is 0 Å². The zero-order chi connectivity index (χ0) is 29.8. The van der Waals surface area contributed by atoms with Crippen molar-refractivity contribution in [1.82, 2.24) is 0 Å². The Kier molecular flexibility index (Phi) is 32.5. The summed E-state index contributed by atoms with van der Waals surface area (Å²) in [5.41, 5.74) is 6.26. The van der Waals surface area contributed by atoms with Crippen LogP contribution in [0.1, 0.15) is 81.1 Å². The molecule has 0 saturated heterocycles. The zero-order valence-electron chi connectivity index (χ0n) is 27.2. The molecule has 0 aliphatic heterocycles. The maximum Gasteiger partial charge on any atom is -1.00 e. The van der Waals surface area contributed by atoms with E-state index in [1.54, 1.807) is 46.7 Å². The second kappa shape index (κ2) is 27.3. The van der Waals surface area contributed by atoms with E-state index in [9.17, 15) is 0 Å². The van der Waals surface area contributed by atoms with Gasteiger partial charge in [0.2, 0.25) is 0 Å². The molecule has 0 atom stereocenters. The molecule has 0 unspecified atom stereocenters. The van der Waals surface area contributed by atoms with Gasteiger partial charge in [0.1, 0.15) is 0 Å². The Labute approximate surface area is 292 Å². The van der Waals surface area contributed by atoms with Gasteiger partial charge in [-0.25, -0.2) is 46.6 Å². The topological polar surface area (TPSA) is 0 Å². The summed E-state index contributed by atoms with van der Waals surface area (Å²) in [5, 5.41) is 0. The molecule has 0 aromatic heterocycles. The van der Waals surface area contributed by atoms with E-state index in [4.69, 9.17) is 0 Å². The summed E-state index contributed by atoms with van der Waals surface area (Å²) >= 11 is 3.48. The molecule has 0 heterocycles. The Morgan fingerprint density at radius 1 is 0.525 bits per heavy atom. The summed E-state index contributed by atoms with van der Waals surface area (Å²) in [6.45, 7) is 26.6. The van der Waals surface area contributed by atoms with E-state index in [-0.39, 0.29) is 35.7 Å². The van der Waals surface area contributed by atoms with E-state index in [1.165, 1.54) is 22.3 Å². The predicted molar refractivity (Wildman–Crippen MR) is 167 cm³/mol. The van der Waals surface area contributed by atoms with Crippen molar-refractivity contribution in [2.45, 2.75) is 107 Å². The number of halogens is 2. The number of rotatable bonds is 0. The first-order valence-corrected chi connectivity index (χ1v) is 25.9. The molecule has 0 saturated carbocycles. The van der Waals surface area contributed by atoms with Crippen LogP contribution in [0.2, 0.25) is 26.2 Å². The van der Waals surface area contributed by atoms with Crippen molar-refractivity contribution in [3.05, 3.63) is 95.2 Å². The molecule has 4 aliphatic carbocycles. The molecule has 0 radical (unpaired) electrons. The monoisotopic (exact) mass is 766 g/mol. The van der Waals surface area contributed by atoms with E-state index in [0.717, 1.165) is 25.7 Å². The van der Waals surface area contributed by atoms with Gasteiger partial charge in [-0.1, -0.05) is 55.4 Å². The third-order valence-electron chi connectivity index (χ3n) is 4.74. The standard InChI is InChI=1S/2C9H13.2C6H7.2C2H6Si.2ClH.2Zr/c2*1-9(2,3)8-6-4-5-7-8;2*1-6-4-2-3-5-6;2*1-3-2;;;;/h2*4,6H,5H2,1-3H3;2*2,4H,3H2,1H3;2*1-2H3;2*1H;;/q4*-1;;;;;2*+2/p-2. The van der Waals surface area contributed by atoms with Gasteiger partial charge >= 0.3 is 83.7 Å². The van der Waals surface area contributed by atoms with Gasteiger partial charge in [-0.2, -0.15) is 24.3 Å². The Morgan fingerprint density at radius 2 is 0.750 bits per heavy atom. The van der Waals surface area contributed by atoms with E-state index in [2.05, 4.69) is 154 Å². The molecule has 40 heavy (non-hydrogen) atoms. The van der Waals surface area contributed by atoms with Gasteiger partial charge in [-0.15, -0.1) is 25.7 Å². The Balaban J connectivity index is -0.000000198. The first kappa shape index (κ1) is 47.6. The summed E-state index contributed by atoms with van der Waals surface area (Å²) < 4.78 is 0. The Morgan fingerprint density at radius 3 is 0.825 bits per heavy atom. The van der Waals surface area contributed by atoms with Crippen molar-refractivity contribution in [3.63, 3.8) is 0 Å². The molecule has 0 aromatic rings. The van der Waals surface area contributed by atoms with Gasteiger partial charge in [0.05, 0.1) is 0 Å². The molecule has 4 aliphatic rings. The van der Waals surface area contributed by atoms with Crippen LogP contribution >= 0.6 is 0 Å². The second-order valence-corrected chi connectivity index (χ2v) is 30.6. The van der Waals surface area contributed by atoms with Crippen molar-refractivity contribution in [3.8, 4) is 0 Å². The maximum absolute atomic E-state index is 3.30. The zero-order valence-corrected chi connectivity index (χ0v) is 35.6. The summed E-state index contributed by atoms with van der Waals surface area (Å²) in [4.78, 5) is 0. The summed E-state index contributed by atoms with van der Waals surface area (Å²) in [6.07, 6.45) is 33.9. The van der Waals surface area contributed by atoms with E-state index in [1.807, 2.05) is 0 Å². The van der Waals surface area contributed by atoms with Crippen molar-refractivity contribution in [1.29, 1.82) is 0 Å². The third-order valence-corrected chi connectivity index (χ3v) is 4.74. The van der Waals surface area contributed by atoms with Crippen LogP contribution in [0, 0.1) is 35.1 Å². The average Bonchev–Trinajstić information content (AvgIpc) is 3.55. The first-order chi connectivity index (χ1) is 17.5. The van der Waals surface area contributed by atoms with Gasteiger partial charge in [-0.05, 0) is 10.8 Å². The second-order valence-electron chi connectivity index (χ2n) is 11.8. The summed E-state index contributed by atoms with van der Waals surface area (Å²) in [5.74, 6) is 0. The molecule has 0 spiro atoms. The molecule has 4 rings (SSSR count). The van der Waals surface area contributed by atoms with Gasteiger partial charge in [0.15, 0.2) is 0 Å². The fourth-order valence-corrected chi connectivity index (χ4v) is 2.87. The van der Waals surface area contributed by atoms with Crippen molar-refractivity contribution < 1.29 is 71.5 Å². The van der Waals surface area contributed by atoms with Crippen LogP contribution in [0.3, 0.4) is 0 Å². The van der Waals surface area contributed by atoms with Crippen LogP contribution in [0.15, 0.2) is 70.9 Å². The molecule has 0 bridgehead atoms. The van der Waals surface area contributed by atoms with E-state index in [0.29, 0.717) is 10.8 Å². The fraction of sp³-hybridized carbons (Fsp3) is 0.529. The number of hydrogen-bond donors (Lipinski definition) is 0. The Hall–Kier alpha value is 0.700. The molecule has 0 aromatic carbocycles.